The zero-order valence-corrected chi connectivity index (χ0v) is 16.0. The van der Waals surface area contributed by atoms with Crippen LogP contribution in [0, 0.1) is 0 Å². The van der Waals surface area contributed by atoms with Gasteiger partial charge < -0.3 is 16.4 Å². The zero-order valence-electron chi connectivity index (χ0n) is 16.2. The monoisotopic (exact) mass is 376 g/mol. The summed E-state index contributed by atoms with van der Waals surface area (Å²) < 4.78 is 31.9. The summed E-state index contributed by atoms with van der Waals surface area (Å²) in [5, 5.41) is 5.83. The van der Waals surface area contributed by atoms with Crippen LogP contribution in [0.4, 0.5) is 17.1 Å². The number of nitrogens with two attached hydrogens (primary N) is 1. The maximum atomic E-state index is 12.3. The summed E-state index contributed by atoms with van der Waals surface area (Å²) in [6.07, 6.45) is 0.0726. The molecule has 26 heavy (non-hydrogen) atoms. The highest BCUT2D eigenvalue weighted by Gasteiger charge is 2.12. The molecule has 7 heteroatoms. The van der Waals surface area contributed by atoms with Crippen LogP contribution in [0.15, 0.2) is 47.3 Å². The average molecular weight is 377 g/mol. The lowest BCUT2D eigenvalue weighted by Gasteiger charge is -2.14. The number of hydrogen-bond donors (Lipinski definition) is 3. The second-order valence-electron chi connectivity index (χ2n) is 6.27. The standard InChI is InChI=1S/C19H25N3O3S/c1-4-26(24,25)16-8-5-14(6-9-16)11-19(23)22-15-7-10-17(20)18(12-15)21-13(2)3/h5-10,12-13,21H,4,11,20H2,1-3H3,(H,22,23)/i12D. The van der Waals surface area contributed by atoms with Crippen molar-refractivity contribution in [2.24, 2.45) is 0 Å². The Balaban J connectivity index is 2.12. The third kappa shape index (κ3) is 5.23. The molecule has 0 aliphatic heterocycles. The minimum absolute atomic E-state index is 0.0307. The van der Waals surface area contributed by atoms with Gasteiger partial charge >= 0.3 is 0 Å². The fourth-order valence-corrected chi connectivity index (χ4v) is 3.23. The molecule has 0 saturated carbocycles. The van der Waals surface area contributed by atoms with Crippen LogP contribution in [0.25, 0.3) is 0 Å². The van der Waals surface area contributed by atoms with Crippen molar-refractivity contribution in [1.29, 1.82) is 0 Å². The van der Waals surface area contributed by atoms with Gasteiger partial charge in [-0.05, 0) is 49.7 Å². The van der Waals surface area contributed by atoms with Crippen molar-refractivity contribution in [3.8, 4) is 0 Å². The van der Waals surface area contributed by atoms with E-state index in [0.717, 1.165) is 0 Å². The van der Waals surface area contributed by atoms with E-state index >= 15 is 0 Å². The molecule has 0 saturated heterocycles. The molecule has 6 nitrogen and oxygen atoms in total. The SMILES string of the molecule is [2H]c1c(NC(=O)Cc2ccc(S(=O)(=O)CC)cc2)ccc(N)c1NC(C)C. The normalized spacial score (nSPS) is 11.9. The summed E-state index contributed by atoms with van der Waals surface area (Å²) in [5.74, 6) is -0.266. The van der Waals surface area contributed by atoms with Crippen molar-refractivity contribution in [2.45, 2.75) is 38.1 Å². The molecule has 0 fully saturated rings. The van der Waals surface area contributed by atoms with Gasteiger partial charge in [-0.15, -0.1) is 0 Å². The summed E-state index contributed by atoms with van der Waals surface area (Å²) in [5.41, 5.74) is 7.89. The van der Waals surface area contributed by atoms with Crippen LogP contribution in [0.1, 0.15) is 27.7 Å². The lowest BCUT2D eigenvalue weighted by Crippen LogP contribution is -2.16. The molecule has 0 spiro atoms. The Labute approximate surface area is 156 Å². The van der Waals surface area contributed by atoms with Crippen molar-refractivity contribution >= 4 is 32.8 Å². The van der Waals surface area contributed by atoms with E-state index in [-0.39, 0.29) is 35.1 Å². The molecule has 0 bridgehead atoms. The Hall–Kier alpha value is -2.54. The molecule has 140 valence electrons. The number of anilines is 3. The van der Waals surface area contributed by atoms with E-state index in [1.807, 2.05) is 13.8 Å². The molecular formula is C19H25N3O3S. The lowest BCUT2D eigenvalue weighted by atomic mass is 10.1. The molecule has 0 atom stereocenters. The van der Waals surface area contributed by atoms with Gasteiger partial charge in [0.15, 0.2) is 9.84 Å². The molecule has 0 aliphatic rings. The average Bonchev–Trinajstić information content (AvgIpc) is 2.61. The first-order chi connectivity index (χ1) is 12.6. The van der Waals surface area contributed by atoms with Gasteiger partial charge in [0.25, 0.3) is 0 Å². The van der Waals surface area contributed by atoms with E-state index in [2.05, 4.69) is 10.6 Å². The Kier molecular flexibility index (Phi) is 5.78. The highest BCUT2D eigenvalue weighted by molar-refractivity contribution is 7.91. The minimum atomic E-state index is -3.26. The molecule has 0 unspecified atom stereocenters. The first-order valence-electron chi connectivity index (χ1n) is 8.91. The Morgan fingerprint density at radius 3 is 2.42 bits per heavy atom. The molecule has 0 heterocycles. The third-order valence-corrected chi connectivity index (χ3v) is 5.46. The molecule has 2 aromatic carbocycles. The van der Waals surface area contributed by atoms with Crippen LogP contribution < -0.4 is 16.4 Å². The molecular weight excluding hydrogens is 350 g/mol. The van der Waals surface area contributed by atoms with Crippen molar-refractivity contribution in [3.05, 3.63) is 48.0 Å². The van der Waals surface area contributed by atoms with E-state index in [0.29, 0.717) is 22.6 Å². The van der Waals surface area contributed by atoms with Gasteiger partial charge in [0, 0.05) is 11.7 Å². The highest BCUT2D eigenvalue weighted by atomic mass is 32.2. The van der Waals surface area contributed by atoms with Gasteiger partial charge in [0.1, 0.15) is 0 Å². The van der Waals surface area contributed by atoms with Crippen molar-refractivity contribution < 1.29 is 14.6 Å². The molecule has 2 aromatic rings. The molecule has 2 rings (SSSR count). The van der Waals surface area contributed by atoms with Gasteiger partial charge in [-0.3, -0.25) is 4.79 Å². The number of hydrogen-bond acceptors (Lipinski definition) is 5. The Bertz CT molecular complexity index is 926. The molecule has 4 N–H and O–H groups in total. The van der Waals surface area contributed by atoms with E-state index in [4.69, 9.17) is 7.10 Å². The Morgan fingerprint density at radius 2 is 1.85 bits per heavy atom. The number of rotatable bonds is 7. The fraction of sp³-hybridized carbons (Fsp3) is 0.316. The quantitative estimate of drug-likeness (QED) is 0.645. The maximum absolute atomic E-state index is 12.3. The predicted octanol–water partition coefficient (Wildman–Crippen LogP) is 3.06. The third-order valence-electron chi connectivity index (χ3n) is 3.71. The summed E-state index contributed by atoms with van der Waals surface area (Å²) in [7, 11) is -3.26. The summed E-state index contributed by atoms with van der Waals surface area (Å²) >= 11 is 0. The van der Waals surface area contributed by atoms with E-state index in [1.165, 1.54) is 12.1 Å². The smallest absolute Gasteiger partial charge is 0.228 e. The van der Waals surface area contributed by atoms with Crippen LogP contribution in [-0.4, -0.2) is 26.1 Å². The van der Waals surface area contributed by atoms with Gasteiger partial charge in [0.05, 0.1) is 29.8 Å². The second-order valence-corrected chi connectivity index (χ2v) is 8.55. The van der Waals surface area contributed by atoms with Crippen molar-refractivity contribution in [3.63, 3.8) is 0 Å². The number of carbonyl (C=O) groups is 1. The fourth-order valence-electron chi connectivity index (χ4n) is 2.35. The minimum Gasteiger partial charge on any atom is -0.397 e. The first kappa shape index (κ1) is 18.3. The second kappa shape index (κ2) is 8.23. The Morgan fingerprint density at radius 1 is 1.19 bits per heavy atom. The predicted molar refractivity (Wildman–Crippen MR) is 106 cm³/mol. The highest BCUT2D eigenvalue weighted by Crippen LogP contribution is 2.24. The molecule has 0 aromatic heterocycles. The van der Waals surface area contributed by atoms with Crippen LogP contribution in [-0.2, 0) is 21.1 Å². The number of amides is 1. The van der Waals surface area contributed by atoms with Crippen molar-refractivity contribution in [2.75, 3.05) is 22.1 Å². The van der Waals surface area contributed by atoms with Gasteiger partial charge in [-0.1, -0.05) is 19.1 Å². The largest absolute Gasteiger partial charge is 0.397 e. The van der Waals surface area contributed by atoms with E-state index < -0.39 is 9.84 Å². The van der Waals surface area contributed by atoms with Crippen LogP contribution in [0.3, 0.4) is 0 Å². The zero-order chi connectivity index (χ0) is 20.2. The molecule has 1 amide bonds. The number of nitrogen functional groups attached to an aromatic ring is 1. The summed E-state index contributed by atoms with van der Waals surface area (Å²) in [6.45, 7) is 5.46. The number of nitrogens with one attached hydrogen (secondary N) is 2. The van der Waals surface area contributed by atoms with E-state index in [1.54, 1.807) is 31.2 Å². The molecule has 0 radical (unpaired) electrons. The number of benzene rings is 2. The van der Waals surface area contributed by atoms with Crippen molar-refractivity contribution in [1.82, 2.24) is 0 Å². The molecule has 0 aliphatic carbocycles. The number of carbonyl (C=O) groups excluding carboxylic acids is 1. The van der Waals surface area contributed by atoms with Gasteiger partial charge in [-0.25, -0.2) is 8.42 Å². The lowest BCUT2D eigenvalue weighted by molar-refractivity contribution is -0.115. The number of sulfone groups is 1. The van der Waals surface area contributed by atoms with Crippen LogP contribution in [0.2, 0.25) is 0 Å². The van der Waals surface area contributed by atoms with Gasteiger partial charge in [0.2, 0.25) is 5.91 Å². The van der Waals surface area contributed by atoms with Crippen LogP contribution >= 0.6 is 0 Å². The topological polar surface area (TPSA) is 101 Å². The van der Waals surface area contributed by atoms with E-state index in [9.17, 15) is 13.2 Å². The summed E-state index contributed by atoms with van der Waals surface area (Å²) in [6, 6.07) is 9.72. The summed E-state index contributed by atoms with van der Waals surface area (Å²) in [4.78, 5) is 12.6. The van der Waals surface area contributed by atoms with Crippen LogP contribution in [0.5, 0.6) is 0 Å². The van der Waals surface area contributed by atoms with Gasteiger partial charge in [-0.2, -0.15) is 0 Å². The maximum Gasteiger partial charge on any atom is 0.228 e. The first-order valence-corrected chi connectivity index (χ1v) is 10.1.